The second-order valence-electron chi connectivity index (χ2n) is 7.28. The summed E-state index contributed by atoms with van der Waals surface area (Å²) in [6.45, 7) is 0. The van der Waals surface area contributed by atoms with Crippen molar-refractivity contribution in [1.29, 1.82) is 0 Å². The number of carbonyl (C=O) groups excluding carboxylic acids is 1. The van der Waals surface area contributed by atoms with Gasteiger partial charge in [0, 0.05) is 11.1 Å². The normalized spacial score (nSPS) is 38.0. The van der Waals surface area contributed by atoms with Crippen molar-refractivity contribution in [3.63, 3.8) is 0 Å². The minimum Gasteiger partial charge on any atom is -0.496 e. The van der Waals surface area contributed by atoms with Crippen LogP contribution in [0.3, 0.4) is 0 Å². The Morgan fingerprint density at radius 3 is 2.20 bits per heavy atom. The molecule has 1 aromatic rings. The molecular formula is C18H22O2. The Bertz CT molecular complexity index is 511. The summed E-state index contributed by atoms with van der Waals surface area (Å²) in [7, 11) is 1.73. The molecule has 4 bridgehead atoms. The molecule has 1 aromatic carbocycles. The quantitative estimate of drug-likeness (QED) is 0.777. The van der Waals surface area contributed by atoms with E-state index in [-0.39, 0.29) is 0 Å². The van der Waals surface area contributed by atoms with Crippen molar-refractivity contribution in [3.8, 4) is 5.75 Å². The molecule has 4 fully saturated rings. The Kier molecular flexibility index (Phi) is 2.70. The number of carbonyl (C=O) groups is 1. The van der Waals surface area contributed by atoms with Gasteiger partial charge in [0.2, 0.25) is 0 Å². The molecule has 2 heteroatoms. The summed E-state index contributed by atoms with van der Waals surface area (Å²) >= 11 is 0. The zero-order chi connectivity index (χ0) is 13.7. The van der Waals surface area contributed by atoms with Gasteiger partial charge in [0.25, 0.3) is 0 Å². The first-order valence-electron chi connectivity index (χ1n) is 7.86. The average Bonchev–Trinajstić information content (AvgIpc) is 2.45. The van der Waals surface area contributed by atoms with E-state index in [0.29, 0.717) is 5.41 Å². The lowest BCUT2D eigenvalue weighted by Gasteiger charge is -2.57. The summed E-state index contributed by atoms with van der Waals surface area (Å²) in [5.74, 6) is 3.71. The molecule has 5 rings (SSSR count). The first-order chi connectivity index (χ1) is 9.72. The van der Waals surface area contributed by atoms with Crippen LogP contribution in [-0.4, -0.2) is 13.4 Å². The van der Waals surface area contributed by atoms with Crippen LogP contribution in [0.1, 0.15) is 54.4 Å². The fourth-order valence-electron chi connectivity index (χ4n) is 5.66. The second kappa shape index (κ2) is 4.34. The molecule has 0 unspecified atom stereocenters. The van der Waals surface area contributed by atoms with Crippen LogP contribution < -0.4 is 4.74 Å². The number of rotatable bonds is 3. The lowest BCUT2D eigenvalue weighted by atomic mass is 9.48. The smallest absolute Gasteiger partial charge is 0.150 e. The van der Waals surface area contributed by atoms with Gasteiger partial charge in [-0.25, -0.2) is 0 Å². The van der Waals surface area contributed by atoms with E-state index in [1.165, 1.54) is 44.1 Å². The molecular weight excluding hydrogens is 248 g/mol. The SMILES string of the molecule is COc1cc(C=O)ccc1C12CC3CC(CC(C3)C1)C2. The minimum atomic E-state index is 0.335. The lowest BCUT2D eigenvalue weighted by molar-refractivity contribution is -0.00616. The Morgan fingerprint density at radius 1 is 1.10 bits per heavy atom. The van der Waals surface area contributed by atoms with Crippen molar-refractivity contribution < 1.29 is 9.53 Å². The zero-order valence-corrected chi connectivity index (χ0v) is 12.1. The van der Waals surface area contributed by atoms with Crippen molar-refractivity contribution in [2.24, 2.45) is 17.8 Å². The van der Waals surface area contributed by atoms with Gasteiger partial charge < -0.3 is 4.74 Å². The average molecular weight is 270 g/mol. The first-order valence-corrected chi connectivity index (χ1v) is 7.86. The maximum Gasteiger partial charge on any atom is 0.150 e. The summed E-state index contributed by atoms with van der Waals surface area (Å²) in [4.78, 5) is 11.0. The van der Waals surface area contributed by atoms with Gasteiger partial charge in [-0.15, -0.1) is 0 Å². The minimum absolute atomic E-state index is 0.335. The van der Waals surface area contributed by atoms with E-state index in [1.807, 2.05) is 12.1 Å². The molecule has 2 nitrogen and oxygen atoms in total. The molecule has 0 heterocycles. The van der Waals surface area contributed by atoms with Gasteiger partial charge in [-0.05, 0) is 67.8 Å². The van der Waals surface area contributed by atoms with Crippen molar-refractivity contribution in [1.82, 2.24) is 0 Å². The molecule has 106 valence electrons. The van der Waals surface area contributed by atoms with Crippen LogP contribution in [-0.2, 0) is 5.41 Å². The van der Waals surface area contributed by atoms with E-state index < -0.39 is 0 Å². The summed E-state index contributed by atoms with van der Waals surface area (Å²) in [6.07, 6.45) is 9.25. The Hall–Kier alpha value is -1.31. The van der Waals surface area contributed by atoms with Crippen molar-refractivity contribution in [2.75, 3.05) is 7.11 Å². The Morgan fingerprint density at radius 2 is 1.70 bits per heavy atom. The number of benzene rings is 1. The predicted molar refractivity (Wildman–Crippen MR) is 78.2 cm³/mol. The highest BCUT2D eigenvalue weighted by atomic mass is 16.5. The fourth-order valence-corrected chi connectivity index (χ4v) is 5.66. The van der Waals surface area contributed by atoms with Crippen LogP contribution in [0.5, 0.6) is 5.75 Å². The molecule has 20 heavy (non-hydrogen) atoms. The van der Waals surface area contributed by atoms with E-state index in [9.17, 15) is 4.79 Å². The highest BCUT2D eigenvalue weighted by Gasteiger charge is 2.52. The standard InChI is InChI=1S/C18H22O2/c1-20-17-7-12(11-19)2-3-16(17)18-8-13-4-14(9-18)6-15(5-13)10-18/h2-3,7,11,13-15H,4-6,8-10H2,1H3. The first kappa shape index (κ1) is 12.4. The number of methoxy groups -OCH3 is 1. The molecule has 0 atom stereocenters. The van der Waals surface area contributed by atoms with Crippen LogP contribution >= 0.6 is 0 Å². The van der Waals surface area contributed by atoms with Crippen LogP contribution in [0.2, 0.25) is 0 Å². The molecule has 0 amide bonds. The molecule has 0 radical (unpaired) electrons. The third kappa shape index (κ3) is 1.73. The Balaban J connectivity index is 1.78. The van der Waals surface area contributed by atoms with E-state index in [1.54, 1.807) is 7.11 Å². The van der Waals surface area contributed by atoms with Gasteiger partial charge in [0.15, 0.2) is 0 Å². The molecule has 0 aromatic heterocycles. The van der Waals surface area contributed by atoms with Gasteiger partial charge in [-0.3, -0.25) is 4.79 Å². The molecule has 4 saturated carbocycles. The highest BCUT2D eigenvalue weighted by molar-refractivity contribution is 5.76. The van der Waals surface area contributed by atoms with Crippen molar-refractivity contribution >= 4 is 6.29 Å². The van der Waals surface area contributed by atoms with Crippen molar-refractivity contribution in [3.05, 3.63) is 29.3 Å². The third-order valence-corrected chi connectivity index (χ3v) is 5.97. The number of aldehydes is 1. The van der Waals surface area contributed by atoms with Crippen molar-refractivity contribution in [2.45, 2.75) is 43.9 Å². The van der Waals surface area contributed by atoms with Gasteiger partial charge >= 0.3 is 0 Å². The Labute approximate surface area is 120 Å². The van der Waals surface area contributed by atoms with E-state index in [2.05, 4.69) is 6.07 Å². The van der Waals surface area contributed by atoms with Gasteiger partial charge in [-0.1, -0.05) is 12.1 Å². The van der Waals surface area contributed by atoms with Crippen LogP contribution in [0.4, 0.5) is 0 Å². The molecule has 0 aliphatic heterocycles. The fraction of sp³-hybridized carbons (Fsp3) is 0.611. The maximum atomic E-state index is 11.0. The van der Waals surface area contributed by atoms with Crippen LogP contribution in [0, 0.1) is 17.8 Å². The zero-order valence-electron chi connectivity index (χ0n) is 12.1. The topological polar surface area (TPSA) is 26.3 Å². The largest absolute Gasteiger partial charge is 0.496 e. The summed E-state index contributed by atoms with van der Waals surface area (Å²) < 4.78 is 5.62. The van der Waals surface area contributed by atoms with Crippen LogP contribution in [0.25, 0.3) is 0 Å². The van der Waals surface area contributed by atoms with Crippen LogP contribution in [0.15, 0.2) is 18.2 Å². The molecule has 4 aliphatic rings. The monoisotopic (exact) mass is 270 g/mol. The maximum absolute atomic E-state index is 11.0. The van der Waals surface area contributed by atoms with Gasteiger partial charge in [0.05, 0.1) is 7.11 Å². The molecule has 0 saturated heterocycles. The highest BCUT2D eigenvalue weighted by Crippen LogP contribution is 2.61. The van der Waals surface area contributed by atoms with E-state index in [0.717, 1.165) is 35.4 Å². The molecule has 4 aliphatic carbocycles. The lowest BCUT2D eigenvalue weighted by Crippen LogP contribution is -2.48. The van der Waals surface area contributed by atoms with Gasteiger partial charge in [-0.2, -0.15) is 0 Å². The van der Waals surface area contributed by atoms with Gasteiger partial charge in [0.1, 0.15) is 12.0 Å². The number of hydrogen-bond acceptors (Lipinski definition) is 2. The summed E-state index contributed by atoms with van der Waals surface area (Å²) in [5, 5.41) is 0. The number of hydrogen-bond donors (Lipinski definition) is 0. The third-order valence-electron chi connectivity index (χ3n) is 5.97. The summed E-state index contributed by atoms with van der Waals surface area (Å²) in [6, 6.07) is 6.04. The second-order valence-corrected chi connectivity index (χ2v) is 7.28. The van der Waals surface area contributed by atoms with E-state index in [4.69, 9.17) is 4.74 Å². The van der Waals surface area contributed by atoms with E-state index >= 15 is 0 Å². The number of ether oxygens (including phenoxy) is 1. The predicted octanol–water partition coefficient (Wildman–Crippen LogP) is 3.98. The summed E-state index contributed by atoms with van der Waals surface area (Å²) in [5.41, 5.74) is 2.42. The molecule has 0 spiro atoms. The molecule has 0 N–H and O–H groups in total.